The number of amides is 2. The lowest BCUT2D eigenvalue weighted by Crippen LogP contribution is -2.24. The summed E-state index contributed by atoms with van der Waals surface area (Å²) in [6, 6.07) is 12.6. The Labute approximate surface area is 183 Å². The van der Waals surface area contributed by atoms with Crippen molar-refractivity contribution in [2.75, 3.05) is 17.7 Å². The standard InChI is InChI=1S/C22H21N5O5/c1-13-6-8-14(9-7-13)20-17(12-32-2)25-26-18(22(29)24-21(20)26)11-19(28)23-15-4-3-5-16(10-15)27(30)31/h3-10,18H,11-12H2,1-2H3,(H,23,28)(H,24,29). The van der Waals surface area contributed by atoms with Crippen molar-refractivity contribution in [3.8, 4) is 11.1 Å². The Hall–Kier alpha value is -4.05. The molecule has 2 aromatic carbocycles. The predicted molar refractivity (Wildman–Crippen MR) is 117 cm³/mol. The van der Waals surface area contributed by atoms with Crippen molar-refractivity contribution in [2.45, 2.75) is 26.0 Å². The molecule has 2 N–H and O–H groups in total. The van der Waals surface area contributed by atoms with Crippen molar-refractivity contribution in [1.29, 1.82) is 0 Å². The van der Waals surface area contributed by atoms with Crippen LogP contribution < -0.4 is 10.6 Å². The van der Waals surface area contributed by atoms with E-state index in [9.17, 15) is 19.7 Å². The molecule has 2 amide bonds. The number of nitro benzene ring substituents is 1. The highest BCUT2D eigenvalue weighted by Crippen LogP contribution is 2.39. The fraction of sp³-hybridized carbons (Fsp3) is 0.227. The van der Waals surface area contributed by atoms with Gasteiger partial charge in [0.15, 0.2) is 0 Å². The van der Waals surface area contributed by atoms with Gasteiger partial charge in [-0.3, -0.25) is 19.7 Å². The Kier molecular flexibility index (Phi) is 5.69. The average molecular weight is 435 g/mol. The maximum Gasteiger partial charge on any atom is 0.271 e. The highest BCUT2D eigenvalue weighted by molar-refractivity contribution is 6.04. The summed E-state index contributed by atoms with van der Waals surface area (Å²) in [6.45, 7) is 2.23. The van der Waals surface area contributed by atoms with Gasteiger partial charge in [-0.25, -0.2) is 4.68 Å². The number of nitrogens with zero attached hydrogens (tertiary/aromatic N) is 3. The highest BCUT2D eigenvalue weighted by atomic mass is 16.6. The van der Waals surface area contributed by atoms with Gasteiger partial charge in [0.1, 0.15) is 11.9 Å². The predicted octanol–water partition coefficient (Wildman–Crippen LogP) is 3.44. The van der Waals surface area contributed by atoms with Gasteiger partial charge in [-0.2, -0.15) is 5.10 Å². The maximum absolute atomic E-state index is 12.7. The molecule has 1 aromatic heterocycles. The molecule has 10 nitrogen and oxygen atoms in total. The first-order chi connectivity index (χ1) is 15.4. The van der Waals surface area contributed by atoms with E-state index in [2.05, 4.69) is 15.7 Å². The molecule has 0 saturated heterocycles. The van der Waals surface area contributed by atoms with Crippen molar-refractivity contribution in [3.63, 3.8) is 0 Å². The van der Waals surface area contributed by atoms with E-state index in [1.807, 2.05) is 31.2 Å². The third-order valence-corrected chi connectivity index (χ3v) is 5.16. The van der Waals surface area contributed by atoms with E-state index in [1.54, 1.807) is 13.2 Å². The van der Waals surface area contributed by atoms with Gasteiger partial charge in [-0.05, 0) is 18.6 Å². The Balaban J connectivity index is 1.60. The minimum Gasteiger partial charge on any atom is -0.378 e. The Morgan fingerprint density at radius 1 is 1.28 bits per heavy atom. The first-order valence-corrected chi connectivity index (χ1v) is 9.90. The van der Waals surface area contributed by atoms with Crippen LogP contribution >= 0.6 is 0 Å². The zero-order chi connectivity index (χ0) is 22.8. The van der Waals surface area contributed by atoms with Crippen molar-refractivity contribution < 1.29 is 19.2 Å². The fourth-order valence-corrected chi connectivity index (χ4v) is 3.66. The number of benzene rings is 2. The summed E-state index contributed by atoms with van der Waals surface area (Å²) in [4.78, 5) is 35.7. The summed E-state index contributed by atoms with van der Waals surface area (Å²) in [7, 11) is 1.56. The normalized spacial score (nSPS) is 14.7. The van der Waals surface area contributed by atoms with E-state index in [0.717, 1.165) is 16.7 Å². The second kappa shape index (κ2) is 8.60. The van der Waals surface area contributed by atoms with Crippen molar-refractivity contribution in [3.05, 3.63) is 69.9 Å². The second-order valence-corrected chi connectivity index (χ2v) is 7.48. The summed E-state index contributed by atoms with van der Waals surface area (Å²) in [5, 5.41) is 20.9. The van der Waals surface area contributed by atoms with Crippen molar-refractivity contribution in [2.24, 2.45) is 0 Å². The topological polar surface area (TPSA) is 128 Å². The van der Waals surface area contributed by atoms with Crippen LogP contribution in [0.3, 0.4) is 0 Å². The molecule has 0 radical (unpaired) electrons. The second-order valence-electron chi connectivity index (χ2n) is 7.48. The number of ether oxygens (including phenoxy) is 1. The zero-order valence-corrected chi connectivity index (χ0v) is 17.5. The Bertz CT molecular complexity index is 1200. The molecule has 1 atom stereocenters. The number of nitrogens with one attached hydrogen (secondary N) is 2. The molecule has 1 unspecified atom stereocenters. The first kappa shape index (κ1) is 21.2. The Morgan fingerprint density at radius 3 is 2.72 bits per heavy atom. The molecule has 1 aliphatic heterocycles. The lowest BCUT2D eigenvalue weighted by Gasteiger charge is -2.10. The molecule has 0 bridgehead atoms. The van der Waals surface area contributed by atoms with Gasteiger partial charge in [-0.15, -0.1) is 0 Å². The van der Waals surface area contributed by atoms with E-state index in [0.29, 0.717) is 11.5 Å². The zero-order valence-electron chi connectivity index (χ0n) is 17.5. The van der Waals surface area contributed by atoms with E-state index < -0.39 is 16.9 Å². The molecule has 4 rings (SSSR count). The number of methoxy groups -OCH3 is 1. The lowest BCUT2D eigenvalue weighted by atomic mass is 10.0. The van der Waals surface area contributed by atoms with Crippen LogP contribution in [-0.2, 0) is 20.9 Å². The lowest BCUT2D eigenvalue weighted by molar-refractivity contribution is -0.384. The molecular formula is C22H21N5O5. The maximum atomic E-state index is 12.7. The van der Waals surface area contributed by atoms with Gasteiger partial charge in [-0.1, -0.05) is 35.9 Å². The van der Waals surface area contributed by atoms with E-state index in [-0.39, 0.29) is 30.3 Å². The smallest absolute Gasteiger partial charge is 0.271 e. The van der Waals surface area contributed by atoms with Crippen molar-refractivity contribution in [1.82, 2.24) is 9.78 Å². The number of carbonyl (C=O) groups excluding carboxylic acids is 2. The Morgan fingerprint density at radius 2 is 2.03 bits per heavy atom. The molecule has 10 heteroatoms. The third kappa shape index (κ3) is 4.08. The number of nitro groups is 1. The summed E-state index contributed by atoms with van der Waals surface area (Å²) in [5.74, 6) is -0.294. The molecule has 1 aliphatic rings. The first-order valence-electron chi connectivity index (χ1n) is 9.90. The molecule has 0 spiro atoms. The monoisotopic (exact) mass is 435 g/mol. The van der Waals surface area contributed by atoms with Crippen LogP contribution in [0.5, 0.6) is 0 Å². The SMILES string of the molecule is COCc1nn2c(c1-c1ccc(C)cc1)NC(=O)C2CC(=O)Nc1cccc([N+](=O)[O-])c1. The summed E-state index contributed by atoms with van der Waals surface area (Å²) < 4.78 is 6.79. The number of fused-ring (bicyclic) bond motifs is 1. The van der Waals surface area contributed by atoms with Gasteiger partial charge >= 0.3 is 0 Å². The molecule has 0 aliphatic carbocycles. The number of aromatic nitrogens is 2. The fourth-order valence-electron chi connectivity index (χ4n) is 3.66. The summed E-state index contributed by atoms with van der Waals surface area (Å²) in [5.41, 5.74) is 3.53. The number of anilines is 2. The number of aryl methyl sites for hydroxylation is 1. The molecule has 164 valence electrons. The van der Waals surface area contributed by atoms with Crippen LogP contribution in [-0.4, -0.2) is 33.6 Å². The number of rotatable bonds is 7. The number of hydrogen-bond donors (Lipinski definition) is 2. The average Bonchev–Trinajstić information content (AvgIpc) is 3.24. The van der Waals surface area contributed by atoms with Crippen LogP contribution in [0, 0.1) is 17.0 Å². The third-order valence-electron chi connectivity index (χ3n) is 5.16. The van der Waals surface area contributed by atoms with E-state index in [1.165, 1.54) is 22.9 Å². The van der Waals surface area contributed by atoms with Crippen LogP contribution in [0.25, 0.3) is 11.1 Å². The van der Waals surface area contributed by atoms with Gasteiger partial charge in [0.25, 0.3) is 11.6 Å². The van der Waals surface area contributed by atoms with E-state index in [4.69, 9.17) is 4.74 Å². The number of non-ortho nitro benzene ring substituents is 1. The quantitative estimate of drug-likeness (QED) is 0.432. The largest absolute Gasteiger partial charge is 0.378 e. The highest BCUT2D eigenvalue weighted by Gasteiger charge is 2.37. The van der Waals surface area contributed by atoms with Crippen LogP contribution in [0.15, 0.2) is 48.5 Å². The van der Waals surface area contributed by atoms with Crippen molar-refractivity contribution >= 4 is 29.0 Å². The van der Waals surface area contributed by atoms with Crippen LogP contribution in [0.4, 0.5) is 17.2 Å². The molecule has 0 fully saturated rings. The molecule has 2 heterocycles. The van der Waals surface area contributed by atoms with Gasteiger partial charge < -0.3 is 15.4 Å². The summed E-state index contributed by atoms with van der Waals surface area (Å²) >= 11 is 0. The van der Waals surface area contributed by atoms with Crippen LogP contribution in [0.1, 0.15) is 23.7 Å². The molecule has 3 aromatic rings. The van der Waals surface area contributed by atoms with Gasteiger partial charge in [0.05, 0.1) is 23.6 Å². The summed E-state index contributed by atoms with van der Waals surface area (Å²) in [6.07, 6.45) is -0.178. The number of carbonyl (C=O) groups is 2. The van der Waals surface area contributed by atoms with E-state index >= 15 is 0 Å². The minimum absolute atomic E-state index is 0.136. The number of hydrogen-bond acceptors (Lipinski definition) is 6. The molecule has 0 saturated carbocycles. The molecular weight excluding hydrogens is 414 g/mol. The van der Waals surface area contributed by atoms with Gasteiger partial charge in [0, 0.05) is 30.5 Å². The van der Waals surface area contributed by atoms with Crippen LogP contribution in [0.2, 0.25) is 0 Å². The molecule has 32 heavy (non-hydrogen) atoms. The minimum atomic E-state index is -0.849. The van der Waals surface area contributed by atoms with Gasteiger partial charge in [0.2, 0.25) is 5.91 Å².